The van der Waals surface area contributed by atoms with Crippen LogP contribution in [0.15, 0.2) is 84.6 Å². The third-order valence-corrected chi connectivity index (χ3v) is 4.12. The molecule has 3 aromatic rings. The van der Waals surface area contributed by atoms with Gasteiger partial charge < -0.3 is 21.1 Å². The molecule has 0 aromatic heterocycles. The molecular weight excluding hydrogens is 366 g/mol. The molecule has 0 aliphatic carbocycles. The first-order valence-corrected chi connectivity index (χ1v) is 8.94. The molecule has 0 aliphatic rings. The van der Waals surface area contributed by atoms with Gasteiger partial charge in [0.2, 0.25) is 0 Å². The summed E-state index contributed by atoms with van der Waals surface area (Å²) < 4.78 is 5.15. The monoisotopic (exact) mass is 387 g/mol. The van der Waals surface area contributed by atoms with Gasteiger partial charge in [0.25, 0.3) is 11.8 Å². The van der Waals surface area contributed by atoms with Gasteiger partial charge in [0, 0.05) is 16.9 Å². The van der Waals surface area contributed by atoms with Gasteiger partial charge in [0.15, 0.2) is 0 Å². The molecule has 0 bridgehead atoms. The van der Waals surface area contributed by atoms with Crippen LogP contribution in [0.4, 0.5) is 11.4 Å². The summed E-state index contributed by atoms with van der Waals surface area (Å²) in [5.74, 6) is -0.129. The van der Waals surface area contributed by atoms with Crippen molar-refractivity contribution in [1.82, 2.24) is 5.32 Å². The summed E-state index contributed by atoms with van der Waals surface area (Å²) in [5, 5.41) is 5.46. The van der Waals surface area contributed by atoms with Crippen LogP contribution in [-0.4, -0.2) is 18.9 Å². The summed E-state index contributed by atoms with van der Waals surface area (Å²) in [6.45, 7) is 0. The van der Waals surface area contributed by atoms with Gasteiger partial charge in [-0.25, -0.2) is 0 Å². The van der Waals surface area contributed by atoms with Gasteiger partial charge in [-0.3, -0.25) is 9.59 Å². The van der Waals surface area contributed by atoms with Crippen LogP contribution in [0.5, 0.6) is 5.75 Å². The van der Waals surface area contributed by atoms with Crippen LogP contribution >= 0.6 is 0 Å². The second kappa shape index (κ2) is 9.23. The van der Waals surface area contributed by atoms with Crippen LogP contribution in [0.2, 0.25) is 0 Å². The van der Waals surface area contributed by atoms with E-state index in [1.165, 1.54) is 0 Å². The maximum absolute atomic E-state index is 12.8. The Bertz CT molecular complexity index is 1010. The number of amides is 2. The Balaban J connectivity index is 1.86. The summed E-state index contributed by atoms with van der Waals surface area (Å²) in [6.07, 6.45) is 1.60. The van der Waals surface area contributed by atoms with E-state index in [2.05, 4.69) is 10.6 Å². The van der Waals surface area contributed by atoms with Crippen molar-refractivity contribution < 1.29 is 14.3 Å². The Hall–Kier alpha value is -4.06. The number of nitrogen functional groups attached to an aromatic ring is 1. The van der Waals surface area contributed by atoms with E-state index in [1.54, 1.807) is 86.0 Å². The van der Waals surface area contributed by atoms with Crippen molar-refractivity contribution in [2.75, 3.05) is 18.2 Å². The number of hydrogen-bond donors (Lipinski definition) is 3. The largest absolute Gasteiger partial charge is 0.497 e. The number of benzene rings is 3. The van der Waals surface area contributed by atoms with Gasteiger partial charge >= 0.3 is 0 Å². The number of nitrogens with two attached hydrogens (primary N) is 1. The Morgan fingerprint density at radius 1 is 0.897 bits per heavy atom. The zero-order valence-electron chi connectivity index (χ0n) is 15.9. The van der Waals surface area contributed by atoms with Crippen molar-refractivity contribution >= 4 is 29.3 Å². The minimum atomic E-state index is -0.449. The summed E-state index contributed by atoms with van der Waals surface area (Å²) in [7, 11) is 1.58. The maximum Gasteiger partial charge on any atom is 0.272 e. The number of ether oxygens (including phenoxy) is 1. The van der Waals surface area contributed by atoms with Gasteiger partial charge in [0.1, 0.15) is 11.4 Å². The van der Waals surface area contributed by atoms with E-state index in [4.69, 9.17) is 10.5 Å². The van der Waals surface area contributed by atoms with E-state index in [-0.39, 0.29) is 11.6 Å². The lowest BCUT2D eigenvalue weighted by Crippen LogP contribution is -2.30. The van der Waals surface area contributed by atoms with Crippen molar-refractivity contribution in [2.24, 2.45) is 0 Å². The third kappa shape index (κ3) is 5.46. The lowest BCUT2D eigenvalue weighted by atomic mass is 10.1. The van der Waals surface area contributed by atoms with Gasteiger partial charge in [-0.2, -0.15) is 0 Å². The fraction of sp³-hybridized carbons (Fsp3) is 0.0435. The zero-order chi connectivity index (χ0) is 20.6. The maximum atomic E-state index is 12.8. The number of methoxy groups -OCH3 is 1. The highest BCUT2D eigenvalue weighted by Gasteiger charge is 2.15. The fourth-order valence-corrected chi connectivity index (χ4v) is 2.57. The van der Waals surface area contributed by atoms with Crippen molar-refractivity contribution in [3.05, 3.63) is 95.7 Å². The highest BCUT2D eigenvalue weighted by molar-refractivity contribution is 6.10. The second-order valence-corrected chi connectivity index (χ2v) is 6.23. The normalized spacial score (nSPS) is 10.9. The van der Waals surface area contributed by atoms with Gasteiger partial charge in [-0.15, -0.1) is 0 Å². The van der Waals surface area contributed by atoms with Crippen LogP contribution in [0.1, 0.15) is 15.9 Å². The molecule has 3 rings (SSSR count). The fourth-order valence-electron chi connectivity index (χ4n) is 2.57. The molecular formula is C23H21N3O3. The first-order valence-electron chi connectivity index (χ1n) is 8.94. The molecule has 0 unspecified atom stereocenters. The Labute approximate surface area is 169 Å². The van der Waals surface area contributed by atoms with Crippen molar-refractivity contribution in [2.45, 2.75) is 0 Å². The van der Waals surface area contributed by atoms with Crippen molar-refractivity contribution in [1.29, 1.82) is 0 Å². The molecule has 6 heteroatoms. The van der Waals surface area contributed by atoms with Crippen LogP contribution < -0.4 is 21.1 Å². The van der Waals surface area contributed by atoms with Crippen LogP contribution in [0, 0.1) is 0 Å². The molecule has 29 heavy (non-hydrogen) atoms. The Morgan fingerprint density at radius 2 is 1.55 bits per heavy atom. The molecule has 0 saturated heterocycles. The van der Waals surface area contributed by atoms with Gasteiger partial charge in [-0.1, -0.05) is 30.3 Å². The van der Waals surface area contributed by atoms with Crippen LogP contribution in [0.3, 0.4) is 0 Å². The SMILES string of the molecule is COc1ccc(/C=C(\NC(=O)c2ccccc2)C(=O)Nc2ccc(N)cc2)cc1. The lowest BCUT2D eigenvalue weighted by molar-refractivity contribution is -0.113. The van der Waals surface area contributed by atoms with Gasteiger partial charge in [0.05, 0.1) is 7.11 Å². The first-order chi connectivity index (χ1) is 14.0. The van der Waals surface area contributed by atoms with E-state index < -0.39 is 5.91 Å². The van der Waals surface area contributed by atoms with E-state index in [9.17, 15) is 9.59 Å². The molecule has 2 amide bonds. The molecule has 3 aromatic carbocycles. The number of carbonyl (C=O) groups excluding carboxylic acids is 2. The topological polar surface area (TPSA) is 93.4 Å². The Kier molecular flexibility index (Phi) is 6.27. The lowest BCUT2D eigenvalue weighted by Gasteiger charge is -2.12. The van der Waals surface area contributed by atoms with E-state index in [1.807, 2.05) is 6.07 Å². The van der Waals surface area contributed by atoms with E-state index >= 15 is 0 Å². The molecule has 0 radical (unpaired) electrons. The molecule has 6 nitrogen and oxygen atoms in total. The van der Waals surface area contributed by atoms with Gasteiger partial charge in [-0.05, 0) is 60.2 Å². The van der Waals surface area contributed by atoms with Crippen molar-refractivity contribution in [3.63, 3.8) is 0 Å². The molecule has 0 aliphatic heterocycles. The molecule has 4 N–H and O–H groups in total. The van der Waals surface area contributed by atoms with E-state index in [0.717, 1.165) is 5.56 Å². The third-order valence-electron chi connectivity index (χ3n) is 4.12. The van der Waals surface area contributed by atoms with E-state index in [0.29, 0.717) is 22.7 Å². The van der Waals surface area contributed by atoms with Crippen LogP contribution in [-0.2, 0) is 4.79 Å². The zero-order valence-corrected chi connectivity index (χ0v) is 15.9. The molecule has 0 heterocycles. The Morgan fingerprint density at radius 3 is 2.17 bits per heavy atom. The average Bonchev–Trinajstić information content (AvgIpc) is 2.76. The smallest absolute Gasteiger partial charge is 0.272 e. The molecule has 0 fully saturated rings. The number of rotatable bonds is 6. The van der Waals surface area contributed by atoms with Crippen LogP contribution in [0.25, 0.3) is 6.08 Å². The summed E-state index contributed by atoms with van der Waals surface area (Å²) >= 11 is 0. The molecule has 0 saturated carbocycles. The second-order valence-electron chi connectivity index (χ2n) is 6.23. The first kappa shape index (κ1) is 19.7. The average molecular weight is 387 g/mol. The number of nitrogens with one attached hydrogen (secondary N) is 2. The molecule has 146 valence electrons. The molecule has 0 atom stereocenters. The number of anilines is 2. The minimum Gasteiger partial charge on any atom is -0.497 e. The number of hydrogen-bond acceptors (Lipinski definition) is 4. The van der Waals surface area contributed by atoms with Crippen molar-refractivity contribution in [3.8, 4) is 5.75 Å². The quantitative estimate of drug-likeness (QED) is 0.444. The predicted octanol–water partition coefficient (Wildman–Crippen LogP) is 3.69. The molecule has 0 spiro atoms. The predicted molar refractivity (Wildman–Crippen MR) is 114 cm³/mol. The summed E-state index contributed by atoms with van der Waals surface area (Å²) in [4.78, 5) is 25.4. The minimum absolute atomic E-state index is 0.112. The number of carbonyl (C=O) groups is 2. The summed E-state index contributed by atoms with van der Waals surface area (Å²) in [6, 6.07) is 22.6. The summed E-state index contributed by atoms with van der Waals surface area (Å²) in [5.41, 5.74) is 8.14. The standard InChI is InChI=1S/C23H21N3O3/c1-29-20-13-7-16(8-14-20)15-21(26-22(27)17-5-3-2-4-6-17)23(28)25-19-11-9-18(24)10-12-19/h2-15H,24H2,1H3,(H,25,28)(H,26,27)/b21-15-. The highest BCUT2D eigenvalue weighted by Crippen LogP contribution is 2.16. The highest BCUT2D eigenvalue weighted by atomic mass is 16.5.